The predicted octanol–water partition coefficient (Wildman–Crippen LogP) is 5.31. The SMILES string of the molecule is CC[C@H]1OC(=O)[C@H](C)[C@H](O)[C@@H](C)[C@@H](O[C@@H]2O[C@H](C)C[C@H](N(C)C)[C@H]2O)[C@](C)(OC)C[C@@H](C)/C=C(/C)[C@H](CCOC(=O)c2cnc3ccccc3c2)[C@]1(C)O. The Kier molecular flexibility index (Phi) is 14.8. The summed E-state index contributed by atoms with van der Waals surface area (Å²) in [7, 11) is 5.39. The van der Waals surface area contributed by atoms with E-state index in [2.05, 4.69) is 11.1 Å². The van der Waals surface area contributed by atoms with E-state index < -0.39 is 71.6 Å². The van der Waals surface area contributed by atoms with Gasteiger partial charge in [0.05, 0.1) is 47.5 Å². The summed E-state index contributed by atoms with van der Waals surface area (Å²) >= 11 is 0. The third kappa shape index (κ3) is 9.87. The molecule has 1 aromatic carbocycles. The number of nitrogens with zero attached hydrogens (tertiary/aromatic N) is 2. The summed E-state index contributed by atoms with van der Waals surface area (Å²) in [6.45, 7) is 14.7. The summed E-state index contributed by atoms with van der Waals surface area (Å²) in [4.78, 5) is 33.3. The zero-order valence-corrected chi connectivity index (χ0v) is 34.0. The van der Waals surface area contributed by atoms with Gasteiger partial charge < -0.3 is 43.9 Å². The van der Waals surface area contributed by atoms with Crippen LogP contribution in [0.3, 0.4) is 0 Å². The minimum Gasteiger partial charge on any atom is -0.462 e. The van der Waals surface area contributed by atoms with Gasteiger partial charge in [-0.25, -0.2) is 4.79 Å². The van der Waals surface area contributed by atoms with Crippen molar-refractivity contribution >= 4 is 22.8 Å². The zero-order valence-electron chi connectivity index (χ0n) is 34.0. The van der Waals surface area contributed by atoms with Gasteiger partial charge in [-0.3, -0.25) is 9.78 Å². The second-order valence-electron chi connectivity index (χ2n) is 16.3. The van der Waals surface area contributed by atoms with Gasteiger partial charge in [-0.2, -0.15) is 0 Å². The highest BCUT2D eigenvalue weighted by Gasteiger charge is 2.50. The first-order chi connectivity index (χ1) is 25.3. The van der Waals surface area contributed by atoms with E-state index >= 15 is 0 Å². The number of allylic oxidation sites excluding steroid dienone is 1. The van der Waals surface area contributed by atoms with Crippen LogP contribution in [-0.2, 0) is 28.5 Å². The van der Waals surface area contributed by atoms with Crippen molar-refractivity contribution in [2.45, 2.75) is 135 Å². The minimum absolute atomic E-state index is 0.00910. The van der Waals surface area contributed by atoms with Crippen LogP contribution in [0.2, 0.25) is 0 Å². The van der Waals surface area contributed by atoms with Crippen molar-refractivity contribution in [3.05, 3.63) is 53.7 Å². The van der Waals surface area contributed by atoms with Crippen molar-refractivity contribution < 1.29 is 48.6 Å². The molecule has 2 aliphatic heterocycles. The quantitative estimate of drug-likeness (QED) is 0.224. The second kappa shape index (κ2) is 18.3. The van der Waals surface area contributed by atoms with Gasteiger partial charge in [0.2, 0.25) is 0 Å². The van der Waals surface area contributed by atoms with Crippen LogP contribution in [0.15, 0.2) is 48.2 Å². The monoisotopic (exact) mass is 756 g/mol. The van der Waals surface area contributed by atoms with Gasteiger partial charge >= 0.3 is 11.9 Å². The molecular formula is C42H64N2O10. The van der Waals surface area contributed by atoms with E-state index in [1.165, 1.54) is 6.20 Å². The molecule has 0 aliphatic carbocycles. The lowest BCUT2D eigenvalue weighted by molar-refractivity contribution is -0.301. The first kappa shape index (κ1) is 43.8. The van der Waals surface area contributed by atoms with E-state index in [0.717, 1.165) is 16.5 Å². The number of rotatable bonds is 9. The summed E-state index contributed by atoms with van der Waals surface area (Å²) in [6.07, 6.45) is -0.0580. The lowest BCUT2D eigenvalue weighted by Crippen LogP contribution is -2.59. The van der Waals surface area contributed by atoms with Crippen molar-refractivity contribution in [2.75, 3.05) is 27.8 Å². The van der Waals surface area contributed by atoms with E-state index in [1.807, 2.05) is 77.9 Å². The van der Waals surface area contributed by atoms with Crippen molar-refractivity contribution in [3.63, 3.8) is 0 Å². The molecule has 0 radical (unpaired) electrons. The average Bonchev–Trinajstić information content (AvgIpc) is 3.13. The summed E-state index contributed by atoms with van der Waals surface area (Å²) in [6, 6.07) is 9.03. The maximum Gasteiger partial charge on any atom is 0.339 e. The molecule has 13 atom stereocenters. The molecule has 0 amide bonds. The van der Waals surface area contributed by atoms with Gasteiger partial charge in [0.1, 0.15) is 17.8 Å². The average molecular weight is 757 g/mol. The molecule has 1 fully saturated rings. The van der Waals surface area contributed by atoms with Gasteiger partial charge in [-0.1, -0.05) is 50.6 Å². The number of pyridine rings is 1. The summed E-state index contributed by atoms with van der Waals surface area (Å²) in [5, 5.41) is 36.3. The van der Waals surface area contributed by atoms with Gasteiger partial charge in [-0.15, -0.1) is 0 Å². The number of ether oxygens (including phenoxy) is 5. The number of esters is 2. The zero-order chi connectivity index (χ0) is 40.1. The van der Waals surface area contributed by atoms with Crippen LogP contribution in [0.1, 0.15) is 91.4 Å². The number of hydrogen-bond acceptors (Lipinski definition) is 12. The summed E-state index contributed by atoms with van der Waals surface area (Å²) < 4.78 is 30.9. The van der Waals surface area contributed by atoms with E-state index in [-0.39, 0.29) is 31.1 Å². The van der Waals surface area contributed by atoms with Crippen molar-refractivity contribution in [2.24, 2.45) is 23.7 Å². The van der Waals surface area contributed by atoms with Crippen LogP contribution in [-0.4, -0.2) is 119 Å². The maximum atomic E-state index is 13.8. The number of aromatic nitrogens is 1. The molecule has 0 saturated carbocycles. The van der Waals surface area contributed by atoms with E-state index in [4.69, 9.17) is 23.7 Å². The molecule has 54 heavy (non-hydrogen) atoms. The molecule has 1 saturated heterocycles. The van der Waals surface area contributed by atoms with Crippen molar-refractivity contribution in [3.8, 4) is 0 Å². The summed E-state index contributed by atoms with van der Waals surface area (Å²) in [5.41, 5.74) is -0.677. The van der Waals surface area contributed by atoms with Crippen molar-refractivity contribution in [1.29, 1.82) is 0 Å². The number of aliphatic hydroxyl groups is 3. The number of benzene rings is 1. The first-order valence-corrected chi connectivity index (χ1v) is 19.4. The molecule has 3 heterocycles. The smallest absolute Gasteiger partial charge is 0.339 e. The molecule has 12 heteroatoms. The molecule has 1 aromatic heterocycles. The molecule has 0 bridgehead atoms. The first-order valence-electron chi connectivity index (χ1n) is 19.4. The van der Waals surface area contributed by atoms with E-state index in [0.29, 0.717) is 24.8 Å². The van der Waals surface area contributed by atoms with E-state index in [9.17, 15) is 24.9 Å². The molecule has 2 aliphatic rings. The largest absolute Gasteiger partial charge is 0.462 e. The fourth-order valence-corrected chi connectivity index (χ4v) is 8.58. The third-order valence-electron chi connectivity index (χ3n) is 11.8. The fourth-order valence-electron chi connectivity index (χ4n) is 8.58. The highest BCUT2D eigenvalue weighted by molar-refractivity contribution is 5.93. The van der Waals surface area contributed by atoms with Crippen LogP contribution in [0, 0.1) is 23.7 Å². The Morgan fingerprint density at radius 2 is 1.78 bits per heavy atom. The number of hydrogen-bond donors (Lipinski definition) is 3. The highest BCUT2D eigenvalue weighted by Crippen LogP contribution is 2.40. The van der Waals surface area contributed by atoms with Gasteiger partial charge in [0, 0.05) is 36.6 Å². The summed E-state index contributed by atoms with van der Waals surface area (Å²) in [5.74, 6) is -3.60. The predicted molar refractivity (Wildman–Crippen MR) is 206 cm³/mol. The Morgan fingerprint density at radius 3 is 2.43 bits per heavy atom. The molecule has 0 spiro atoms. The van der Waals surface area contributed by atoms with Crippen LogP contribution in [0.4, 0.5) is 0 Å². The number of likely N-dealkylation sites (N-methyl/N-ethyl adjacent to an activating group) is 1. The molecule has 12 nitrogen and oxygen atoms in total. The Labute approximate surface area is 321 Å². The Hall–Kier alpha value is -2.97. The lowest BCUT2D eigenvalue weighted by Gasteiger charge is -2.48. The molecule has 2 aromatic rings. The van der Waals surface area contributed by atoms with Crippen molar-refractivity contribution in [1.82, 2.24) is 9.88 Å². The van der Waals surface area contributed by atoms with Crippen LogP contribution in [0.5, 0.6) is 0 Å². The number of aliphatic hydroxyl groups excluding tert-OH is 2. The third-order valence-corrected chi connectivity index (χ3v) is 11.8. The Morgan fingerprint density at radius 1 is 1.09 bits per heavy atom. The van der Waals surface area contributed by atoms with Gasteiger partial charge in [0.15, 0.2) is 6.29 Å². The fraction of sp³-hybridized carbons (Fsp3) is 0.690. The number of carbonyl (C=O) groups excluding carboxylic acids is 2. The molecule has 3 N–H and O–H groups in total. The maximum absolute atomic E-state index is 13.8. The second-order valence-corrected chi connectivity index (χ2v) is 16.3. The molecule has 4 rings (SSSR count). The Balaban J connectivity index is 1.67. The lowest BCUT2D eigenvalue weighted by atomic mass is 9.74. The highest BCUT2D eigenvalue weighted by atomic mass is 16.7. The molecule has 0 unspecified atom stereocenters. The number of cyclic esters (lactones) is 1. The number of fused-ring (bicyclic) bond motifs is 1. The molecule has 302 valence electrons. The number of carbonyl (C=O) groups is 2. The standard InChI is InChI=1S/C42H64N2O10/c1-12-34-42(8,49)31(17-18-51-39(48)30-21-29-15-13-14-16-32(29)43-23-30)25(3)19-24(2)22-41(7,50-11)37(27(5)35(45)28(6)38(47)53-34)54-40-36(46)33(44(9)10)20-26(4)52-40/h13-16,19,21,23-24,26-28,31,33-37,40,45-46,49H,12,17-18,20,22H2,1-11H3/b25-19-/t24-,26+,27+,28+,31-,33-,34+,35+,36+,37+,40-,41+,42-/m0/s1. The van der Waals surface area contributed by atoms with Gasteiger partial charge in [0.25, 0.3) is 0 Å². The number of methoxy groups -OCH3 is 1. The number of para-hydroxylation sites is 1. The minimum atomic E-state index is -1.56. The topological polar surface area (TPSA) is 157 Å². The molecular weight excluding hydrogens is 692 g/mol. The van der Waals surface area contributed by atoms with Crippen LogP contribution < -0.4 is 0 Å². The normalized spacial score (nSPS) is 38.3. The van der Waals surface area contributed by atoms with Crippen LogP contribution >= 0.6 is 0 Å². The van der Waals surface area contributed by atoms with Gasteiger partial charge in [-0.05, 0) is 92.4 Å². The van der Waals surface area contributed by atoms with Crippen LogP contribution in [0.25, 0.3) is 10.9 Å². The Bertz CT molecular complexity index is 1600. The van der Waals surface area contributed by atoms with E-state index in [1.54, 1.807) is 33.9 Å².